The predicted octanol–water partition coefficient (Wildman–Crippen LogP) is 1.94. The molecule has 0 aromatic heterocycles. The third-order valence-electron chi connectivity index (χ3n) is 6.16. The minimum absolute atomic E-state index is 0.0160. The summed E-state index contributed by atoms with van der Waals surface area (Å²) in [6.45, 7) is 4.35. The third kappa shape index (κ3) is 4.31. The van der Waals surface area contributed by atoms with Crippen LogP contribution < -0.4 is 16.2 Å². The van der Waals surface area contributed by atoms with Crippen molar-refractivity contribution in [3.8, 4) is 0 Å². The minimum Gasteiger partial charge on any atom is -0.353 e. The zero-order chi connectivity index (χ0) is 19.0. The van der Waals surface area contributed by atoms with Gasteiger partial charge >= 0.3 is 0 Å². The number of piperidine rings is 1. The molecule has 3 N–H and O–H groups in total. The number of nitrogens with zero attached hydrogens (tertiary/aromatic N) is 1. The van der Waals surface area contributed by atoms with E-state index in [0.29, 0.717) is 12.5 Å². The molecule has 3 fully saturated rings. The van der Waals surface area contributed by atoms with E-state index in [-0.39, 0.29) is 30.0 Å². The molecule has 5 nitrogen and oxygen atoms in total. The van der Waals surface area contributed by atoms with E-state index < -0.39 is 11.6 Å². The van der Waals surface area contributed by atoms with E-state index in [2.05, 4.69) is 28.0 Å². The second kappa shape index (κ2) is 7.81. The van der Waals surface area contributed by atoms with E-state index >= 15 is 0 Å². The standard InChI is InChI=1S/C20H28F2N4O/c1-12-18(19(25-24-12)14-3-4-14)20(27)23-15-6-8-26(9-7-15)11-13-2-5-16(21)17(22)10-13/h2,5,10,12,14-15,18-19,24-25H,3-4,6-9,11H2,1H3,(H,23,27). The van der Waals surface area contributed by atoms with Gasteiger partial charge in [0.2, 0.25) is 5.91 Å². The van der Waals surface area contributed by atoms with E-state index in [0.717, 1.165) is 31.5 Å². The first kappa shape index (κ1) is 18.8. The second-order valence-corrected chi connectivity index (χ2v) is 8.27. The van der Waals surface area contributed by atoms with Gasteiger partial charge in [0.1, 0.15) is 0 Å². The highest BCUT2D eigenvalue weighted by atomic mass is 19.2. The molecule has 4 rings (SSSR count). The zero-order valence-corrected chi connectivity index (χ0v) is 15.7. The lowest BCUT2D eigenvalue weighted by Gasteiger charge is -2.33. The summed E-state index contributed by atoms with van der Waals surface area (Å²) < 4.78 is 26.4. The van der Waals surface area contributed by atoms with E-state index in [1.807, 2.05) is 0 Å². The van der Waals surface area contributed by atoms with E-state index in [9.17, 15) is 13.6 Å². The molecule has 2 saturated heterocycles. The molecule has 0 radical (unpaired) electrons. The first-order valence-electron chi connectivity index (χ1n) is 9.99. The van der Waals surface area contributed by atoms with Gasteiger partial charge in [0.05, 0.1) is 5.92 Å². The van der Waals surface area contributed by atoms with Crippen molar-refractivity contribution in [2.75, 3.05) is 13.1 Å². The minimum atomic E-state index is -0.810. The molecule has 1 aromatic carbocycles. The number of rotatable bonds is 5. The number of nitrogens with one attached hydrogen (secondary N) is 3. The molecule has 148 valence electrons. The molecule has 3 aliphatic rings. The third-order valence-corrected chi connectivity index (χ3v) is 6.16. The number of hydrogen-bond acceptors (Lipinski definition) is 4. The lowest BCUT2D eigenvalue weighted by molar-refractivity contribution is -0.126. The summed E-state index contributed by atoms with van der Waals surface area (Å²) in [7, 11) is 0. The SMILES string of the molecule is CC1NNC(C2CC2)C1C(=O)NC1CCN(Cc2ccc(F)c(F)c2)CC1. The molecule has 27 heavy (non-hydrogen) atoms. The van der Waals surface area contributed by atoms with E-state index in [1.54, 1.807) is 6.07 Å². The zero-order valence-electron chi connectivity index (χ0n) is 15.7. The molecule has 2 heterocycles. The van der Waals surface area contributed by atoms with Crippen LogP contribution in [0.4, 0.5) is 8.78 Å². The molecule has 3 atom stereocenters. The number of likely N-dealkylation sites (tertiary alicyclic amines) is 1. The Morgan fingerprint density at radius 2 is 1.89 bits per heavy atom. The van der Waals surface area contributed by atoms with Crippen LogP contribution in [0.5, 0.6) is 0 Å². The summed E-state index contributed by atoms with van der Waals surface area (Å²) in [4.78, 5) is 15.1. The van der Waals surface area contributed by atoms with Crippen LogP contribution in [0.15, 0.2) is 18.2 Å². The van der Waals surface area contributed by atoms with Gasteiger partial charge in [0.15, 0.2) is 11.6 Å². The number of amides is 1. The number of carbonyl (C=O) groups is 1. The average Bonchev–Trinajstić information content (AvgIpc) is 3.42. The van der Waals surface area contributed by atoms with Crippen molar-refractivity contribution in [2.24, 2.45) is 11.8 Å². The molecule has 3 unspecified atom stereocenters. The quantitative estimate of drug-likeness (QED) is 0.733. The molecule has 1 aliphatic carbocycles. The van der Waals surface area contributed by atoms with Crippen molar-refractivity contribution >= 4 is 5.91 Å². The maximum atomic E-state index is 13.4. The van der Waals surface area contributed by atoms with Crippen molar-refractivity contribution in [2.45, 2.75) is 57.3 Å². The van der Waals surface area contributed by atoms with Gasteiger partial charge in [-0.15, -0.1) is 0 Å². The van der Waals surface area contributed by atoms with Gasteiger partial charge in [-0.05, 0) is 56.2 Å². The average molecular weight is 378 g/mol. The van der Waals surface area contributed by atoms with Crippen LogP contribution in [-0.2, 0) is 11.3 Å². The second-order valence-electron chi connectivity index (χ2n) is 8.27. The Morgan fingerprint density at radius 1 is 1.15 bits per heavy atom. The lowest BCUT2D eigenvalue weighted by Crippen LogP contribution is -2.49. The van der Waals surface area contributed by atoms with Crippen LogP contribution >= 0.6 is 0 Å². The van der Waals surface area contributed by atoms with Crippen LogP contribution in [0.1, 0.15) is 38.2 Å². The fourth-order valence-electron chi connectivity index (χ4n) is 4.40. The molecule has 2 aliphatic heterocycles. The Balaban J connectivity index is 1.26. The first-order valence-corrected chi connectivity index (χ1v) is 9.99. The fraction of sp³-hybridized carbons (Fsp3) is 0.650. The lowest BCUT2D eigenvalue weighted by atomic mass is 9.90. The summed E-state index contributed by atoms with van der Waals surface area (Å²) >= 11 is 0. The van der Waals surface area contributed by atoms with Gasteiger partial charge < -0.3 is 5.32 Å². The molecule has 7 heteroatoms. The maximum absolute atomic E-state index is 13.4. The highest BCUT2D eigenvalue weighted by molar-refractivity contribution is 5.81. The number of benzene rings is 1. The number of halogens is 2. The summed E-state index contributed by atoms with van der Waals surface area (Å²) in [6.07, 6.45) is 4.17. The monoisotopic (exact) mass is 378 g/mol. The van der Waals surface area contributed by atoms with Crippen LogP contribution in [0.3, 0.4) is 0 Å². The highest BCUT2D eigenvalue weighted by Crippen LogP contribution is 2.38. The Kier molecular flexibility index (Phi) is 5.43. The van der Waals surface area contributed by atoms with Crippen molar-refractivity contribution in [3.05, 3.63) is 35.4 Å². The molecule has 1 saturated carbocycles. The summed E-state index contributed by atoms with van der Waals surface area (Å²) in [5.41, 5.74) is 7.31. The highest BCUT2D eigenvalue weighted by Gasteiger charge is 2.46. The normalized spacial score (nSPS) is 29.8. The molecule has 0 spiro atoms. The molecule has 1 amide bonds. The number of carbonyl (C=O) groups excluding carboxylic acids is 1. The molecular formula is C20H28F2N4O. The Bertz CT molecular complexity index is 689. The first-order chi connectivity index (χ1) is 13.0. The van der Waals surface area contributed by atoms with Crippen molar-refractivity contribution in [3.63, 3.8) is 0 Å². The van der Waals surface area contributed by atoms with Crippen LogP contribution in [-0.4, -0.2) is 42.0 Å². The van der Waals surface area contributed by atoms with Crippen LogP contribution in [0.25, 0.3) is 0 Å². The Hall–Kier alpha value is -1.57. The van der Waals surface area contributed by atoms with Gasteiger partial charge in [-0.3, -0.25) is 20.5 Å². The van der Waals surface area contributed by atoms with Crippen LogP contribution in [0.2, 0.25) is 0 Å². The van der Waals surface area contributed by atoms with Crippen molar-refractivity contribution in [1.29, 1.82) is 0 Å². The number of hydrogen-bond donors (Lipinski definition) is 3. The fourth-order valence-corrected chi connectivity index (χ4v) is 4.40. The largest absolute Gasteiger partial charge is 0.353 e. The van der Waals surface area contributed by atoms with Gasteiger partial charge in [-0.2, -0.15) is 0 Å². The molecule has 1 aromatic rings. The predicted molar refractivity (Wildman–Crippen MR) is 98.5 cm³/mol. The summed E-state index contributed by atoms with van der Waals surface area (Å²) in [6, 6.07) is 4.65. The summed E-state index contributed by atoms with van der Waals surface area (Å²) in [5, 5.41) is 3.25. The Morgan fingerprint density at radius 3 is 2.56 bits per heavy atom. The maximum Gasteiger partial charge on any atom is 0.226 e. The van der Waals surface area contributed by atoms with E-state index in [4.69, 9.17) is 0 Å². The van der Waals surface area contributed by atoms with E-state index in [1.165, 1.54) is 25.0 Å². The van der Waals surface area contributed by atoms with Crippen molar-refractivity contribution in [1.82, 2.24) is 21.1 Å². The van der Waals surface area contributed by atoms with Gasteiger partial charge in [0.25, 0.3) is 0 Å². The van der Waals surface area contributed by atoms with Gasteiger partial charge in [0, 0.05) is 37.8 Å². The van der Waals surface area contributed by atoms with Gasteiger partial charge in [-0.1, -0.05) is 6.07 Å². The molecule has 0 bridgehead atoms. The number of hydrazine groups is 1. The van der Waals surface area contributed by atoms with Gasteiger partial charge in [-0.25, -0.2) is 8.78 Å². The smallest absolute Gasteiger partial charge is 0.226 e. The summed E-state index contributed by atoms with van der Waals surface area (Å²) in [5.74, 6) is -0.854. The topological polar surface area (TPSA) is 56.4 Å². The van der Waals surface area contributed by atoms with Crippen molar-refractivity contribution < 1.29 is 13.6 Å². The Labute approximate surface area is 158 Å². The molecular weight excluding hydrogens is 350 g/mol. The van der Waals surface area contributed by atoms with Crippen LogP contribution in [0, 0.1) is 23.5 Å².